The molecular weight excluding hydrogens is 460 g/mol. The quantitative estimate of drug-likeness (QED) is 0.533. The zero-order valence-corrected chi connectivity index (χ0v) is 16.8. The van der Waals surface area contributed by atoms with E-state index in [1.54, 1.807) is 23.0 Å². The molecule has 0 radical (unpaired) electrons. The second-order valence-electron chi connectivity index (χ2n) is 4.59. The SMILES string of the molecule is [O-][S+](/C=C\c1ccc(Br)cc1)C[S+]([O-])/C=C/c1ccc(Br)cc1. The first-order chi connectivity index (χ1) is 11.0. The zero-order chi connectivity index (χ0) is 16.7. The highest BCUT2D eigenvalue weighted by Gasteiger charge is 2.11. The molecule has 23 heavy (non-hydrogen) atoms. The summed E-state index contributed by atoms with van der Waals surface area (Å²) in [6.45, 7) is 0. The first kappa shape index (κ1) is 18.8. The summed E-state index contributed by atoms with van der Waals surface area (Å²) in [7, 11) is 0. The second kappa shape index (κ2) is 9.71. The fraction of sp³-hybridized carbons (Fsp3) is 0.0588. The van der Waals surface area contributed by atoms with E-state index in [4.69, 9.17) is 0 Å². The predicted octanol–water partition coefficient (Wildman–Crippen LogP) is 5.31. The number of benzene rings is 2. The average molecular weight is 474 g/mol. The van der Waals surface area contributed by atoms with Crippen molar-refractivity contribution in [3.63, 3.8) is 0 Å². The fourth-order valence-corrected chi connectivity index (χ4v) is 4.34. The lowest BCUT2D eigenvalue weighted by atomic mass is 10.2. The monoisotopic (exact) mass is 472 g/mol. The summed E-state index contributed by atoms with van der Waals surface area (Å²) in [5.74, 6) is 0. The highest BCUT2D eigenvalue weighted by molar-refractivity contribution is 9.10. The Hall–Kier alpha value is -0.500. The first-order valence-electron chi connectivity index (χ1n) is 6.65. The molecule has 2 aromatic carbocycles. The van der Waals surface area contributed by atoms with Crippen molar-refractivity contribution < 1.29 is 9.11 Å². The second-order valence-corrected chi connectivity index (χ2v) is 9.43. The Kier molecular flexibility index (Phi) is 7.95. The zero-order valence-electron chi connectivity index (χ0n) is 12.0. The van der Waals surface area contributed by atoms with Gasteiger partial charge in [-0.2, -0.15) is 0 Å². The van der Waals surface area contributed by atoms with Crippen LogP contribution in [0, 0.1) is 0 Å². The molecule has 0 spiro atoms. The molecule has 2 atom stereocenters. The molecule has 0 saturated heterocycles. The minimum atomic E-state index is -1.27. The Morgan fingerprint density at radius 2 is 1.04 bits per heavy atom. The van der Waals surface area contributed by atoms with Crippen molar-refractivity contribution in [2.75, 3.05) is 5.08 Å². The van der Waals surface area contributed by atoms with Crippen molar-refractivity contribution in [1.29, 1.82) is 0 Å². The van der Waals surface area contributed by atoms with Crippen molar-refractivity contribution in [2.45, 2.75) is 0 Å². The lowest BCUT2D eigenvalue weighted by molar-refractivity contribution is 0.596. The molecule has 6 heteroatoms. The van der Waals surface area contributed by atoms with Crippen LogP contribution in [0.5, 0.6) is 0 Å². The molecule has 0 aliphatic rings. The summed E-state index contributed by atoms with van der Waals surface area (Å²) in [5.41, 5.74) is 1.91. The number of rotatable bonds is 6. The van der Waals surface area contributed by atoms with Gasteiger partial charge in [0.05, 0.1) is 0 Å². The molecule has 0 heterocycles. The maximum atomic E-state index is 11.9. The van der Waals surface area contributed by atoms with Gasteiger partial charge in [0.2, 0.25) is 0 Å². The Bertz CT molecular complexity index is 610. The van der Waals surface area contributed by atoms with Crippen LogP contribution in [0.1, 0.15) is 11.1 Å². The molecule has 0 aliphatic carbocycles. The van der Waals surface area contributed by atoms with E-state index < -0.39 is 22.4 Å². The van der Waals surface area contributed by atoms with E-state index in [0.717, 1.165) is 20.1 Å². The molecule has 2 nitrogen and oxygen atoms in total. The lowest BCUT2D eigenvalue weighted by Gasteiger charge is -2.07. The van der Waals surface area contributed by atoms with Gasteiger partial charge in [-0.05, 0) is 47.5 Å². The van der Waals surface area contributed by atoms with Crippen LogP contribution < -0.4 is 0 Å². The smallest absolute Gasteiger partial charge is 0.262 e. The Balaban J connectivity index is 1.85. The van der Waals surface area contributed by atoms with Gasteiger partial charge in [0, 0.05) is 31.3 Å². The summed E-state index contributed by atoms with van der Waals surface area (Å²) >= 11 is 4.19. The summed E-state index contributed by atoms with van der Waals surface area (Å²) < 4.78 is 25.9. The van der Waals surface area contributed by atoms with E-state index in [-0.39, 0.29) is 5.08 Å². The highest BCUT2D eigenvalue weighted by atomic mass is 79.9. The molecule has 0 amide bonds. The molecule has 2 unspecified atom stereocenters. The van der Waals surface area contributed by atoms with Crippen LogP contribution in [0.3, 0.4) is 0 Å². The first-order valence-corrected chi connectivity index (χ1v) is 11.0. The minimum Gasteiger partial charge on any atom is -0.608 e. The predicted molar refractivity (Wildman–Crippen MR) is 108 cm³/mol. The van der Waals surface area contributed by atoms with Crippen LogP contribution in [0.2, 0.25) is 0 Å². The van der Waals surface area contributed by atoms with E-state index in [1.165, 1.54) is 0 Å². The van der Waals surface area contributed by atoms with E-state index in [2.05, 4.69) is 31.9 Å². The van der Waals surface area contributed by atoms with Crippen LogP contribution in [0.4, 0.5) is 0 Å². The normalized spacial score (nSPS) is 14.4. The molecule has 0 aromatic heterocycles. The topological polar surface area (TPSA) is 46.1 Å². The van der Waals surface area contributed by atoms with E-state index in [0.29, 0.717) is 0 Å². The minimum absolute atomic E-state index is 0.0973. The van der Waals surface area contributed by atoms with Gasteiger partial charge in [0.15, 0.2) is 0 Å². The molecule has 0 fully saturated rings. The van der Waals surface area contributed by atoms with Crippen LogP contribution in [-0.4, -0.2) is 14.2 Å². The van der Waals surface area contributed by atoms with Crippen molar-refractivity contribution in [3.05, 3.63) is 79.4 Å². The van der Waals surface area contributed by atoms with E-state index in [1.807, 2.05) is 48.5 Å². The Morgan fingerprint density at radius 3 is 1.39 bits per heavy atom. The molecule has 2 aromatic rings. The van der Waals surface area contributed by atoms with Gasteiger partial charge in [-0.1, -0.05) is 56.1 Å². The maximum absolute atomic E-state index is 11.9. The van der Waals surface area contributed by atoms with Crippen molar-refractivity contribution >= 4 is 66.4 Å². The Labute approximate surface area is 159 Å². The largest absolute Gasteiger partial charge is 0.608 e. The van der Waals surface area contributed by atoms with Crippen LogP contribution >= 0.6 is 31.9 Å². The fourth-order valence-electron chi connectivity index (χ4n) is 1.65. The number of hydrogen-bond acceptors (Lipinski definition) is 2. The van der Waals surface area contributed by atoms with Crippen LogP contribution in [0.25, 0.3) is 12.2 Å². The standard InChI is InChI=1S/C17H14Br2O2S2/c18-16-5-1-14(2-6-16)9-11-22(20)13-23(21)12-10-15-3-7-17(19)8-4-15/h1-12H,13H2/b11-9-,12-10+. The third-order valence-electron chi connectivity index (χ3n) is 2.80. The molecule has 0 saturated carbocycles. The molecule has 0 N–H and O–H groups in total. The van der Waals surface area contributed by atoms with Gasteiger partial charge in [0.1, 0.15) is 10.8 Å². The summed E-state index contributed by atoms with van der Waals surface area (Å²) in [6.07, 6.45) is 3.55. The van der Waals surface area contributed by atoms with E-state index >= 15 is 0 Å². The molecule has 0 aliphatic heterocycles. The lowest BCUT2D eigenvalue weighted by Crippen LogP contribution is -2.11. The van der Waals surface area contributed by atoms with Gasteiger partial charge in [0.25, 0.3) is 5.08 Å². The molecule has 120 valence electrons. The number of hydrogen-bond donors (Lipinski definition) is 0. The summed E-state index contributed by atoms with van der Waals surface area (Å²) in [4.78, 5) is 0. The summed E-state index contributed by atoms with van der Waals surface area (Å²) in [5, 5.41) is 3.25. The van der Waals surface area contributed by atoms with Crippen molar-refractivity contribution in [3.8, 4) is 0 Å². The molecular formula is C17H14Br2O2S2. The van der Waals surface area contributed by atoms with Gasteiger partial charge in [-0.3, -0.25) is 0 Å². The highest BCUT2D eigenvalue weighted by Crippen LogP contribution is 2.14. The van der Waals surface area contributed by atoms with Gasteiger partial charge >= 0.3 is 0 Å². The maximum Gasteiger partial charge on any atom is 0.262 e. The van der Waals surface area contributed by atoms with Crippen LogP contribution in [0.15, 0.2) is 68.3 Å². The average Bonchev–Trinajstić information content (AvgIpc) is 2.54. The molecule has 2 rings (SSSR count). The van der Waals surface area contributed by atoms with Gasteiger partial charge in [-0.15, -0.1) is 0 Å². The van der Waals surface area contributed by atoms with Gasteiger partial charge < -0.3 is 9.11 Å². The van der Waals surface area contributed by atoms with E-state index in [9.17, 15) is 9.11 Å². The number of halogens is 2. The van der Waals surface area contributed by atoms with Crippen LogP contribution in [-0.2, 0) is 22.4 Å². The van der Waals surface area contributed by atoms with Gasteiger partial charge in [-0.25, -0.2) is 0 Å². The van der Waals surface area contributed by atoms with Crippen molar-refractivity contribution in [2.24, 2.45) is 0 Å². The third kappa shape index (κ3) is 7.28. The molecule has 0 bridgehead atoms. The van der Waals surface area contributed by atoms with Crippen molar-refractivity contribution in [1.82, 2.24) is 0 Å². The summed E-state index contributed by atoms with van der Waals surface area (Å²) in [6, 6.07) is 15.3. The Morgan fingerprint density at radius 1 is 0.696 bits per heavy atom. The third-order valence-corrected chi connectivity index (χ3v) is 6.59.